The van der Waals surface area contributed by atoms with Crippen LogP contribution >= 0.6 is 7.82 Å². The van der Waals surface area contributed by atoms with Crippen LogP contribution in [0.1, 0.15) is 303 Å². The first kappa shape index (κ1) is 66.2. The van der Waals surface area contributed by atoms with Crippen molar-refractivity contribution in [3.05, 3.63) is 12.2 Å². The number of phosphoric acid groups is 1. The van der Waals surface area contributed by atoms with Crippen molar-refractivity contribution < 1.29 is 32.9 Å². The normalized spacial score (nSPS) is 14.0. The number of phosphoric ester groups is 1. The summed E-state index contributed by atoms with van der Waals surface area (Å²) in [6, 6.07) is -0.842. The predicted molar refractivity (Wildman–Crippen MR) is 291 cm³/mol. The van der Waals surface area contributed by atoms with Gasteiger partial charge in [0, 0.05) is 6.42 Å². The molecule has 67 heavy (non-hydrogen) atoms. The van der Waals surface area contributed by atoms with Gasteiger partial charge in [0.05, 0.1) is 39.9 Å². The van der Waals surface area contributed by atoms with Gasteiger partial charge in [-0.1, -0.05) is 289 Å². The third-order valence-corrected chi connectivity index (χ3v) is 14.7. The van der Waals surface area contributed by atoms with Crippen LogP contribution in [0.4, 0.5) is 0 Å². The molecule has 3 unspecified atom stereocenters. The van der Waals surface area contributed by atoms with E-state index >= 15 is 0 Å². The Morgan fingerprint density at radius 2 is 0.791 bits per heavy atom. The van der Waals surface area contributed by atoms with Gasteiger partial charge in [0.2, 0.25) is 5.91 Å². The lowest BCUT2D eigenvalue weighted by Crippen LogP contribution is -2.45. The molecule has 0 fully saturated rings. The van der Waals surface area contributed by atoms with Crippen LogP contribution in [0.2, 0.25) is 0 Å². The molecule has 8 nitrogen and oxygen atoms in total. The van der Waals surface area contributed by atoms with Gasteiger partial charge in [0.15, 0.2) is 0 Å². The number of hydrogen-bond donors (Lipinski definition) is 3. The van der Waals surface area contributed by atoms with Crippen molar-refractivity contribution in [3.63, 3.8) is 0 Å². The fraction of sp³-hybridized carbons (Fsp3) is 0.948. The number of nitrogens with zero attached hydrogens (tertiary/aromatic N) is 1. The summed E-state index contributed by atoms with van der Waals surface area (Å²) >= 11 is 0. The maximum atomic E-state index is 13.0. The Morgan fingerprint density at radius 3 is 1.10 bits per heavy atom. The van der Waals surface area contributed by atoms with Crippen molar-refractivity contribution in [2.75, 3.05) is 40.9 Å². The number of aliphatic hydroxyl groups is 1. The molecule has 0 aromatic carbocycles. The molecule has 0 aliphatic carbocycles. The lowest BCUT2D eigenvalue weighted by Gasteiger charge is -2.25. The number of carbonyl (C=O) groups is 1. The summed E-state index contributed by atoms with van der Waals surface area (Å²) in [5.74, 6) is -0.171. The van der Waals surface area contributed by atoms with E-state index in [0.717, 1.165) is 32.1 Å². The summed E-state index contributed by atoms with van der Waals surface area (Å²) < 4.78 is 23.7. The van der Waals surface area contributed by atoms with Gasteiger partial charge < -0.3 is 19.8 Å². The van der Waals surface area contributed by atoms with E-state index in [2.05, 4.69) is 19.2 Å². The zero-order valence-corrected chi connectivity index (χ0v) is 46.6. The van der Waals surface area contributed by atoms with Gasteiger partial charge >= 0.3 is 7.82 Å². The number of hydrogen-bond acceptors (Lipinski definition) is 5. The summed E-state index contributed by atoms with van der Waals surface area (Å²) in [7, 11) is 1.59. The Kier molecular flexibility index (Phi) is 49.6. The van der Waals surface area contributed by atoms with Crippen molar-refractivity contribution in [3.8, 4) is 0 Å². The molecule has 0 aromatic rings. The first-order valence-corrected chi connectivity index (χ1v) is 31.1. The topological polar surface area (TPSA) is 105 Å². The van der Waals surface area contributed by atoms with E-state index in [1.54, 1.807) is 6.08 Å². The van der Waals surface area contributed by atoms with E-state index in [1.807, 2.05) is 27.2 Å². The molecule has 0 radical (unpaired) electrons. The van der Waals surface area contributed by atoms with Gasteiger partial charge in [-0.15, -0.1) is 0 Å². The molecule has 0 spiro atoms. The van der Waals surface area contributed by atoms with E-state index in [-0.39, 0.29) is 19.1 Å². The minimum atomic E-state index is -4.34. The smallest absolute Gasteiger partial charge is 0.387 e. The van der Waals surface area contributed by atoms with Gasteiger partial charge in [-0.05, 0) is 19.3 Å². The molecule has 0 bridgehead atoms. The molecular formula is C58H118N2O6P+. The largest absolute Gasteiger partial charge is 0.472 e. The van der Waals surface area contributed by atoms with Crippen LogP contribution in [-0.2, 0) is 18.4 Å². The van der Waals surface area contributed by atoms with Gasteiger partial charge in [-0.25, -0.2) is 4.57 Å². The number of aliphatic hydroxyl groups excluding tert-OH is 1. The maximum Gasteiger partial charge on any atom is 0.472 e. The number of nitrogens with one attached hydrogen (secondary N) is 1. The van der Waals surface area contributed by atoms with Gasteiger partial charge in [-0.2, -0.15) is 0 Å². The molecule has 0 saturated carbocycles. The minimum Gasteiger partial charge on any atom is -0.387 e. The van der Waals surface area contributed by atoms with Crippen LogP contribution in [0.15, 0.2) is 12.2 Å². The molecule has 9 heteroatoms. The summed E-state index contributed by atoms with van der Waals surface area (Å²) in [5.41, 5.74) is 0. The summed E-state index contributed by atoms with van der Waals surface area (Å²) in [4.78, 5) is 23.3. The van der Waals surface area contributed by atoms with E-state index < -0.39 is 20.0 Å². The zero-order valence-electron chi connectivity index (χ0n) is 45.7. The third kappa shape index (κ3) is 52.9. The van der Waals surface area contributed by atoms with Gasteiger partial charge in [0.1, 0.15) is 13.2 Å². The van der Waals surface area contributed by atoms with Crippen molar-refractivity contribution in [2.45, 2.75) is 315 Å². The van der Waals surface area contributed by atoms with Crippen molar-refractivity contribution in [2.24, 2.45) is 0 Å². The lowest BCUT2D eigenvalue weighted by atomic mass is 10.0. The van der Waals surface area contributed by atoms with Crippen LogP contribution < -0.4 is 5.32 Å². The molecule has 3 N–H and O–H groups in total. The van der Waals surface area contributed by atoms with E-state index in [4.69, 9.17) is 9.05 Å². The molecule has 400 valence electrons. The molecule has 0 aromatic heterocycles. The number of amides is 1. The van der Waals surface area contributed by atoms with Gasteiger partial charge in [0.25, 0.3) is 0 Å². The quantitative estimate of drug-likeness (QED) is 0.0243. The van der Waals surface area contributed by atoms with E-state index in [0.29, 0.717) is 17.4 Å². The number of carbonyl (C=O) groups excluding carboxylic acids is 1. The lowest BCUT2D eigenvalue weighted by molar-refractivity contribution is -0.870. The number of quaternary nitrogens is 1. The van der Waals surface area contributed by atoms with Crippen LogP contribution in [0.25, 0.3) is 0 Å². The first-order chi connectivity index (χ1) is 32.5. The van der Waals surface area contributed by atoms with Crippen molar-refractivity contribution >= 4 is 13.7 Å². The third-order valence-electron chi connectivity index (χ3n) is 13.8. The highest BCUT2D eigenvalue weighted by molar-refractivity contribution is 7.47. The number of allylic oxidation sites excluding steroid dienone is 1. The zero-order chi connectivity index (χ0) is 49.2. The summed E-state index contributed by atoms with van der Waals surface area (Å²) in [5, 5.41) is 13.9. The Bertz CT molecular complexity index is 1100. The fourth-order valence-electron chi connectivity index (χ4n) is 9.10. The Labute approximate surface area is 418 Å². The monoisotopic (exact) mass is 970 g/mol. The molecule has 0 aliphatic rings. The Balaban J connectivity index is 4.10. The van der Waals surface area contributed by atoms with Crippen LogP contribution in [0.3, 0.4) is 0 Å². The average Bonchev–Trinajstić information content (AvgIpc) is 3.29. The SMILES string of the molecule is CCCCCCCCCCCCCCCCCCCCCCCCCCCCC/C=C/C(O)C(COP(=O)(O)OCC[N+](C)(C)C)NC(=O)CCCCCCCCCCCCCCCCCC. The number of rotatable bonds is 55. The average molecular weight is 971 g/mol. The number of likely N-dealkylation sites (N-methyl/N-ethyl adjacent to an activating group) is 1. The highest BCUT2D eigenvalue weighted by Gasteiger charge is 2.27. The molecule has 0 aliphatic heterocycles. The second-order valence-electron chi connectivity index (χ2n) is 21.7. The standard InChI is InChI=1S/C58H117N2O6P/c1-6-8-10-12-14-16-18-20-22-24-25-26-27-28-29-30-31-32-33-34-35-36-37-39-41-43-45-47-49-51-57(61)56(55-66-67(63,64)65-54-53-60(3,4)5)59-58(62)52-50-48-46-44-42-40-38-23-21-19-17-15-13-11-9-7-2/h49,51,56-57,61H,6-48,50,52-55H2,1-5H3,(H-,59,62,63,64)/p+1/b51-49+. The molecule has 1 amide bonds. The summed E-state index contributed by atoms with van der Waals surface area (Å²) in [6.45, 7) is 4.87. The predicted octanol–water partition coefficient (Wildman–Crippen LogP) is 17.8. The molecule has 0 rings (SSSR count). The van der Waals surface area contributed by atoms with Crippen LogP contribution in [-0.4, -0.2) is 73.4 Å². The van der Waals surface area contributed by atoms with Gasteiger partial charge in [-0.3, -0.25) is 13.8 Å². The van der Waals surface area contributed by atoms with Crippen molar-refractivity contribution in [1.82, 2.24) is 5.32 Å². The molecule has 3 atom stereocenters. The highest BCUT2D eigenvalue weighted by atomic mass is 31.2. The second kappa shape index (κ2) is 50.2. The maximum absolute atomic E-state index is 13.0. The molecule has 0 heterocycles. The second-order valence-corrected chi connectivity index (χ2v) is 23.2. The first-order valence-electron chi connectivity index (χ1n) is 29.6. The van der Waals surface area contributed by atoms with Crippen LogP contribution in [0.5, 0.6) is 0 Å². The number of unbranched alkanes of at least 4 members (excludes halogenated alkanes) is 42. The fourth-order valence-corrected chi connectivity index (χ4v) is 9.84. The van der Waals surface area contributed by atoms with E-state index in [9.17, 15) is 19.4 Å². The molecule has 0 saturated heterocycles. The highest BCUT2D eigenvalue weighted by Crippen LogP contribution is 2.43. The van der Waals surface area contributed by atoms with E-state index in [1.165, 1.54) is 250 Å². The van der Waals surface area contributed by atoms with Crippen molar-refractivity contribution in [1.29, 1.82) is 0 Å². The minimum absolute atomic E-state index is 0.0651. The Hall–Kier alpha value is -0.760. The van der Waals surface area contributed by atoms with Crippen LogP contribution in [0, 0.1) is 0 Å². The molecular weight excluding hydrogens is 852 g/mol. The Morgan fingerprint density at radius 1 is 0.493 bits per heavy atom. The summed E-state index contributed by atoms with van der Waals surface area (Å²) in [6.07, 6.45) is 61.8.